The van der Waals surface area contributed by atoms with Gasteiger partial charge in [0.15, 0.2) is 5.65 Å². The van der Waals surface area contributed by atoms with E-state index in [-0.39, 0.29) is 35.8 Å². The van der Waals surface area contributed by atoms with Crippen molar-refractivity contribution in [3.63, 3.8) is 0 Å². The molecule has 0 bridgehead atoms. The van der Waals surface area contributed by atoms with Gasteiger partial charge in [0, 0.05) is 63.6 Å². The summed E-state index contributed by atoms with van der Waals surface area (Å²) in [6, 6.07) is 9.14. The Hall–Kier alpha value is -4.43. The molecule has 2 atom stereocenters. The van der Waals surface area contributed by atoms with Crippen molar-refractivity contribution < 1.29 is 29.0 Å². The number of aliphatic carboxylic acids is 1. The van der Waals surface area contributed by atoms with Crippen LogP contribution in [-0.4, -0.2) is 122 Å². The number of nitrogens with zero attached hydrogens (tertiary/aromatic N) is 7. The number of nitrogen functional groups attached to an aromatic ring is 1. The van der Waals surface area contributed by atoms with Crippen LogP contribution in [0.4, 0.5) is 5.82 Å². The summed E-state index contributed by atoms with van der Waals surface area (Å²) in [6.07, 6.45) is 1.91. The number of aromatic nitrogens is 3. The molecule has 16 heteroatoms. The van der Waals surface area contributed by atoms with E-state index in [9.17, 15) is 19.6 Å². The topological polar surface area (TPSA) is 206 Å². The molecule has 2 aliphatic rings. The largest absolute Gasteiger partial charge is 0.496 e. The number of fused-ring (bicyclic) bond motifs is 1. The Morgan fingerprint density at radius 2 is 1.90 bits per heavy atom. The molecule has 2 amide bonds. The highest BCUT2D eigenvalue weighted by Crippen LogP contribution is 2.29. The SMILES string of the molecule is CCCCOc1nc(N)c2cc(C#N)n(Cc3ccc(CN4CCN(CCN5C(=O)C[C@@H](SC[C@H](N)C(=O)O)C5=O)CC4)cc3OC)c2n1. The second-order valence-corrected chi connectivity index (χ2v) is 13.4. The number of rotatable bonds is 16. The maximum atomic E-state index is 12.8. The summed E-state index contributed by atoms with van der Waals surface area (Å²) in [5.74, 6) is -0.583. The number of carbonyl (C=O) groups excluding carboxylic acids is 2. The monoisotopic (exact) mass is 693 g/mol. The van der Waals surface area contributed by atoms with Gasteiger partial charge in [0.05, 0.1) is 30.9 Å². The predicted octanol–water partition coefficient (Wildman–Crippen LogP) is 1.51. The lowest BCUT2D eigenvalue weighted by atomic mass is 10.1. The number of anilines is 1. The van der Waals surface area contributed by atoms with Crippen molar-refractivity contribution in [2.75, 3.05) is 64.5 Å². The molecule has 3 aromatic rings. The van der Waals surface area contributed by atoms with Crippen LogP contribution in [0.1, 0.15) is 43.0 Å². The lowest BCUT2D eigenvalue weighted by Crippen LogP contribution is -2.48. The van der Waals surface area contributed by atoms with Crippen LogP contribution in [0.3, 0.4) is 0 Å². The number of likely N-dealkylation sites (tertiary alicyclic amines) is 1. The zero-order valence-electron chi connectivity index (χ0n) is 27.8. The highest BCUT2D eigenvalue weighted by Gasteiger charge is 2.39. The van der Waals surface area contributed by atoms with Crippen molar-refractivity contribution in [1.29, 1.82) is 5.26 Å². The fourth-order valence-electron chi connectivity index (χ4n) is 5.92. The van der Waals surface area contributed by atoms with Gasteiger partial charge in [-0.3, -0.25) is 29.1 Å². The van der Waals surface area contributed by atoms with Gasteiger partial charge in [-0.1, -0.05) is 25.5 Å². The van der Waals surface area contributed by atoms with Crippen LogP contribution in [0.2, 0.25) is 0 Å². The summed E-state index contributed by atoms with van der Waals surface area (Å²) >= 11 is 1.13. The maximum Gasteiger partial charge on any atom is 0.321 e. The Morgan fingerprint density at radius 1 is 1.14 bits per heavy atom. The van der Waals surface area contributed by atoms with Crippen LogP contribution < -0.4 is 20.9 Å². The highest BCUT2D eigenvalue weighted by molar-refractivity contribution is 8.00. The first-order valence-corrected chi connectivity index (χ1v) is 17.4. The highest BCUT2D eigenvalue weighted by atomic mass is 32.2. The Balaban J connectivity index is 1.16. The Labute approximate surface area is 289 Å². The molecule has 2 fully saturated rings. The fraction of sp³-hybridized carbons (Fsp3) is 0.515. The second-order valence-electron chi connectivity index (χ2n) is 12.2. The number of carbonyl (C=O) groups is 3. The molecule has 49 heavy (non-hydrogen) atoms. The summed E-state index contributed by atoms with van der Waals surface area (Å²) in [6.45, 7) is 7.75. The summed E-state index contributed by atoms with van der Waals surface area (Å²) < 4.78 is 13.3. The van der Waals surface area contributed by atoms with Crippen molar-refractivity contribution in [2.24, 2.45) is 5.73 Å². The Morgan fingerprint density at radius 3 is 2.59 bits per heavy atom. The number of thioether (sulfide) groups is 1. The summed E-state index contributed by atoms with van der Waals surface area (Å²) in [4.78, 5) is 51.0. The molecular formula is C33H43N9O6S. The van der Waals surface area contributed by atoms with E-state index < -0.39 is 17.3 Å². The molecule has 4 heterocycles. The van der Waals surface area contributed by atoms with Gasteiger partial charge >= 0.3 is 12.0 Å². The van der Waals surface area contributed by atoms with Gasteiger partial charge in [-0.25, -0.2) is 0 Å². The second kappa shape index (κ2) is 16.3. The van der Waals surface area contributed by atoms with Crippen LogP contribution in [0.5, 0.6) is 11.8 Å². The molecule has 0 spiro atoms. The van der Waals surface area contributed by atoms with Crippen molar-refractivity contribution in [2.45, 2.75) is 50.6 Å². The molecule has 262 valence electrons. The van der Waals surface area contributed by atoms with Gasteiger partial charge in [0.1, 0.15) is 29.4 Å². The average molecular weight is 694 g/mol. The molecule has 15 nitrogen and oxygen atoms in total. The first kappa shape index (κ1) is 35.9. The van der Waals surface area contributed by atoms with Gasteiger partial charge in [-0.2, -0.15) is 15.2 Å². The number of piperazine rings is 1. The van der Waals surface area contributed by atoms with Crippen LogP contribution in [0.15, 0.2) is 24.3 Å². The summed E-state index contributed by atoms with van der Waals surface area (Å²) in [7, 11) is 1.63. The smallest absolute Gasteiger partial charge is 0.321 e. The zero-order valence-corrected chi connectivity index (χ0v) is 28.7. The minimum absolute atomic E-state index is 0.0748. The van der Waals surface area contributed by atoms with Gasteiger partial charge in [-0.05, 0) is 24.1 Å². The minimum Gasteiger partial charge on any atom is -0.496 e. The third kappa shape index (κ3) is 8.60. The first-order chi connectivity index (χ1) is 23.6. The lowest BCUT2D eigenvalue weighted by Gasteiger charge is -2.35. The summed E-state index contributed by atoms with van der Waals surface area (Å²) in [5, 5.41) is 18.9. The number of nitriles is 1. The number of hydrogen-bond donors (Lipinski definition) is 3. The van der Waals surface area contributed by atoms with Gasteiger partial charge in [-0.15, -0.1) is 11.8 Å². The number of nitrogens with two attached hydrogens (primary N) is 2. The lowest BCUT2D eigenvalue weighted by molar-refractivity contribution is -0.139. The number of amides is 2. The summed E-state index contributed by atoms with van der Waals surface area (Å²) in [5.41, 5.74) is 14.7. The van der Waals surface area contributed by atoms with E-state index >= 15 is 0 Å². The number of carboxylic acids is 1. The van der Waals surface area contributed by atoms with Gasteiger partial charge in [0.2, 0.25) is 11.8 Å². The standard InChI is InChI=1S/C33H43N9O6S/c1-3-4-13-48-33-37-29(36)24-15-23(17-34)42(30(24)38-33)19-22-6-5-21(14-26(22)47-2)18-40-9-7-39(8-10-40)11-12-41-28(43)16-27(31(41)44)49-20-25(35)32(45)46/h5-6,14-15,25,27H,3-4,7-13,16,18-20,35H2,1-2H3,(H,45,46)(H2,36,37,38)/t25-,27+/m0/s1. The average Bonchev–Trinajstić information content (AvgIpc) is 3.58. The number of hydrogen-bond acceptors (Lipinski definition) is 13. The normalized spacial score (nSPS) is 17.8. The predicted molar refractivity (Wildman–Crippen MR) is 184 cm³/mol. The van der Waals surface area contributed by atoms with E-state index in [4.69, 9.17) is 26.0 Å². The van der Waals surface area contributed by atoms with E-state index in [0.717, 1.165) is 68.5 Å². The first-order valence-electron chi connectivity index (χ1n) is 16.4. The van der Waals surface area contributed by atoms with E-state index in [2.05, 4.69) is 38.8 Å². The number of benzene rings is 1. The van der Waals surface area contributed by atoms with Crippen molar-refractivity contribution in [3.05, 3.63) is 41.1 Å². The molecule has 2 saturated heterocycles. The van der Waals surface area contributed by atoms with E-state index in [1.165, 1.54) is 4.90 Å². The van der Waals surface area contributed by atoms with E-state index in [1.54, 1.807) is 17.7 Å². The zero-order chi connectivity index (χ0) is 35.1. The number of ether oxygens (including phenoxy) is 2. The number of methoxy groups -OCH3 is 1. The molecule has 2 aliphatic heterocycles. The molecule has 0 saturated carbocycles. The third-order valence-corrected chi connectivity index (χ3v) is 10.1. The third-order valence-electron chi connectivity index (χ3n) is 8.79. The van der Waals surface area contributed by atoms with Crippen LogP contribution in [-0.2, 0) is 27.5 Å². The molecule has 0 aliphatic carbocycles. The van der Waals surface area contributed by atoms with E-state index in [1.807, 2.05) is 12.1 Å². The fourth-order valence-corrected chi connectivity index (χ4v) is 7.03. The molecule has 1 aromatic carbocycles. The molecule has 2 aromatic heterocycles. The quantitative estimate of drug-likeness (QED) is 0.144. The number of imide groups is 1. The molecule has 0 radical (unpaired) electrons. The number of carboxylic acid groups (broad SMARTS) is 1. The van der Waals surface area contributed by atoms with Crippen molar-refractivity contribution in [1.82, 2.24) is 29.2 Å². The number of unbranched alkanes of at least 4 members (excludes halogenated alkanes) is 1. The minimum atomic E-state index is -1.13. The van der Waals surface area contributed by atoms with Crippen molar-refractivity contribution >= 4 is 46.4 Å². The van der Waals surface area contributed by atoms with Crippen LogP contribution >= 0.6 is 11.8 Å². The van der Waals surface area contributed by atoms with Crippen LogP contribution in [0.25, 0.3) is 11.0 Å². The van der Waals surface area contributed by atoms with E-state index in [0.29, 0.717) is 48.7 Å². The Kier molecular flexibility index (Phi) is 11.9. The molecule has 5 rings (SSSR count). The molecule has 0 unspecified atom stereocenters. The van der Waals surface area contributed by atoms with Crippen LogP contribution in [0, 0.1) is 11.3 Å². The van der Waals surface area contributed by atoms with Gasteiger partial charge < -0.3 is 30.6 Å². The van der Waals surface area contributed by atoms with Crippen molar-refractivity contribution in [3.8, 4) is 17.8 Å². The van der Waals surface area contributed by atoms with Gasteiger partial charge in [0.25, 0.3) is 0 Å². The maximum absolute atomic E-state index is 12.8. The Bertz CT molecular complexity index is 1720. The molecule has 5 N–H and O–H groups in total. The molecular weight excluding hydrogens is 650 g/mol.